The fraction of sp³-hybridized carbons (Fsp3) is 0.889. The first kappa shape index (κ1) is 10.5. The van der Waals surface area contributed by atoms with Gasteiger partial charge in [0.15, 0.2) is 0 Å². The van der Waals surface area contributed by atoms with Crippen molar-refractivity contribution in [2.75, 3.05) is 13.1 Å². The summed E-state index contributed by atoms with van der Waals surface area (Å²) in [4.78, 5) is 11.3. The van der Waals surface area contributed by atoms with Gasteiger partial charge in [0, 0.05) is 25.0 Å². The van der Waals surface area contributed by atoms with Crippen molar-refractivity contribution in [3.8, 4) is 0 Å². The predicted molar refractivity (Wildman–Crippen MR) is 51.8 cm³/mol. The van der Waals surface area contributed by atoms with Crippen molar-refractivity contribution in [3.63, 3.8) is 0 Å². The smallest absolute Gasteiger partial charge is 0.236 e. The minimum absolute atomic E-state index is 0.190. The van der Waals surface area contributed by atoms with Gasteiger partial charge in [0.25, 0.3) is 0 Å². The van der Waals surface area contributed by atoms with Gasteiger partial charge in [-0.15, -0.1) is 0 Å². The van der Waals surface area contributed by atoms with Crippen LogP contribution >= 0.6 is 0 Å². The topological polar surface area (TPSA) is 58.4 Å². The number of hydrogen-bond acceptors (Lipinski definition) is 3. The molecule has 1 aliphatic rings. The average molecular weight is 185 g/mol. The SMILES string of the molecule is CC(C)(N)CCN1NCCCC1=O. The molecule has 76 valence electrons. The van der Waals surface area contributed by atoms with Crippen LogP contribution in [0.2, 0.25) is 0 Å². The molecular formula is C9H19N3O. The molecule has 1 heterocycles. The third-order valence-electron chi connectivity index (χ3n) is 2.15. The Balaban J connectivity index is 2.31. The highest BCUT2D eigenvalue weighted by Crippen LogP contribution is 2.07. The van der Waals surface area contributed by atoms with Crippen molar-refractivity contribution in [2.24, 2.45) is 5.73 Å². The van der Waals surface area contributed by atoms with Gasteiger partial charge in [0.05, 0.1) is 0 Å². The highest BCUT2D eigenvalue weighted by Gasteiger charge is 2.19. The zero-order valence-corrected chi connectivity index (χ0v) is 8.47. The molecule has 4 nitrogen and oxygen atoms in total. The Kier molecular flexibility index (Phi) is 3.27. The molecule has 1 fully saturated rings. The summed E-state index contributed by atoms with van der Waals surface area (Å²) >= 11 is 0. The summed E-state index contributed by atoms with van der Waals surface area (Å²) in [6.45, 7) is 5.56. The number of carbonyl (C=O) groups is 1. The van der Waals surface area contributed by atoms with Crippen LogP contribution in [0.25, 0.3) is 0 Å². The second-order valence-corrected chi connectivity index (χ2v) is 4.30. The Morgan fingerprint density at radius 3 is 2.85 bits per heavy atom. The zero-order valence-electron chi connectivity index (χ0n) is 8.47. The van der Waals surface area contributed by atoms with Crippen LogP contribution in [0, 0.1) is 0 Å². The number of nitrogens with one attached hydrogen (secondary N) is 1. The molecule has 1 saturated heterocycles. The van der Waals surface area contributed by atoms with E-state index in [1.807, 2.05) is 13.8 Å². The molecule has 4 heteroatoms. The lowest BCUT2D eigenvalue weighted by Crippen LogP contribution is -2.49. The molecule has 1 rings (SSSR count). The molecular weight excluding hydrogens is 166 g/mol. The summed E-state index contributed by atoms with van der Waals surface area (Å²) in [6.07, 6.45) is 2.44. The summed E-state index contributed by atoms with van der Waals surface area (Å²) in [5, 5.41) is 1.69. The van der Waals surface area contributed by atoms with Crippen LogP contribution in [0.3, 0.4) is 0 Å². The van der Waals surface area contributed by atoms with E-state index >= 15 is 0 Å². The van der Waals surface area contributed by atoms with Gasteiger partial charge in [-0.3, -0.25) is 9.80 Å². The van der Waals surface area contributed by atoms with Crippen molar-refractivity contribution in [1.82, 2.24) is 10.4 Å². The van der Waals surface area contributed by atoms with Crippen molar-refractivity contribution in [3.05, 3.63) is 0 Å². The van der Waals surface area contributed by atoms with Gasteiger partial charge in [0.2, 0.25) is 5.91 Å². The van der Waals surface area contributed by atoms with Crippen molar-refractivity contribution in [1.29, 1.82) is 0 Å². The average Bonchev–Trinajstić information content (AvgIpc) is 2.01. The third-order valence-corrected chi connectivity index (χ3v) is 2.15. The molecule has 0 atom stereocenters. The molecule has 0 aliphatic carbocycles. The summed E-state index contributed by atoms with van der Waals surface area (Å²) in [5.74, 6) is 0.190. The minimum atomic E-state index is -0.195. The Bertz CT molecular complexity index is 186. The number of hydrogen-bond donors (Lipinski definition) is 2. The van der Waals surface area contributed by atoms with Crippen LogP contribution in [-0.4, -0.2) is 29.5 Å². The quantitative estimate of drug-likeness (QED) is 0.662. The lowest BCUT2D eigenvalue weighted by atomic mass is 10.0. The fourth-order valence-electron chi connectivity index (χ4n) is 1.28. The van der Waals surface area contributed by atoms with E-state index in [1.54, 1.807) is 5.01 Å². The largest absolute Gasteiger partial charge is 0.325 e. The van der Waals surface area contributed by atoms with Crippen LogP contribution in [0.1, 0.15) is 33.1 Å². The third kappa shape index (κ3) is 3.74. The molecule has 1 aliphatic heterocycles. The normalized spacial score (nSPS) is 19.3. The molecule has 0 aromatic carbocycles. The van der Waals surface area contributed by atoms with Crippen molar-refractivity contribution < 1.29 is 4.79 Å². The number of rotatable bonds is 3. The van der Waals surface area contributed by atoms with Crippen molar-refractivity contribution in [2.45, 2.75) is 38.6 Å². The molecule has 3 N–H and O–H groups in total. The van der Waals surface area contributed by atoms with E-state index in [-0.39, 0.29) is 11.4 Å². The highest BCUT2D eigenvalue weighted by molar-refractivity contribution is 5.76. The number of nitrogens with two attached hydrogens (primary N) is 1. The molecule has 0 saturated carbocycles. The molecule has 0 spiro atoms. The van der Waals surface area contributed by atoms with E-state index in [9.17, 15) is 4.79 Å². The van der Waals surface area contributed by atoms with Gasteiger partial charge in [-0.2, -0.15) is 0 Å². The molecule has 0 bridgehead atoms. The lowest BCUT2D eigenvalue weighted by Gasteiger charge is -2.30. The monoisotopic (exact) mass is 185 g/mol. The highest BCUT2D eigenvalue weighted by atomic mass is 16.2. The standard InChI is InChI=1S/C9H19N3O/c1-9(2,10)5-7-12-8(13)4-3-6-11-12/h11H,3-7,10H2,1-2H3. The first-order valence-electron chi connectivity index (χ1n) is 4.82. The second kappa shape index (κ2) is 4.07. The maximum absolute atomic E-state index is 11.3. The summed E-state index contributed by atoms with van der Waals surface area (Å²) in [7, 11) is 0. The van der Waals surface area contributed by atoms with Crippen LogP contribution in [0.15, 0.2) is 0 Å². The Morgan fingerprint density at radius 2 is 2.31 bits per heavy atom. The maximum Gasteiger partial charge on any atom is 0.236 e. The molecule has 1 amide bonds. The van der Waals surface area contributed by atoms with Crippen LogP contribution < -0.4 is 11.2 Å². The van der Waals surface area contributed by atoms with Crippen molar-refractivity contribution >= 4 is 5.91 Å². The lowest BCUT2D eigenvalue weighted by molar-refractivity contribution is -0.137. The summed E-state index contributed by atoms with van der Waals surface area (Å²) in [6, 6.07) is 0. The molecule has 0 aromatic rings. The fourth-order valence-corrected chi connectivity index (χ4v) is 1.28. The van der Waals surface area contributed by atoms with E-state index < -0.39 is 0 Å². The summed E-state index contributed by atoms with van der Waals surface area (Å²) < 4.78 is 0. The van der Waals surface area contributed by atoms with Crippen LogP contribution in [-0.2, 0) is 4.79 Å². The Hall–Kier alpha value is -0.610. The van der Waals surface area contributed by atoms with E-state index in [4.69, 9.17) is 5.73 Å². The van der Waals surface area contributed by atoms with Gasteiger partial charge in [-0.25, -0.2) is 5.43 Å². The van der Waals surface area contributed by atoms with Gasteiger partial charge < -0.3 is 5.73 Å². The molecule has 13 heavy (non-hydrogen) atoms. The van der Waals surface area contributed by atoms with E-state index in [0.717, 1.165) is 19.4 Å². The Labute approximate surface area is 79.4 Å². The first-order chi connectivity index (χ1) is 5.99. The van der Waals surface area contributed by atoms with Gasteiger partial charge in [-0.1, -0.05) is 0 Å². The first-order valence-corrected chi connectivity index (χ1v) is 4.82. The number of hydrazine groups is 1. The van der Waals surface area contributed by atoms with E-state index in [0.29, 0.717) is 13.0 Å². The van der Waals surface area contributed by atoms with Crippen LogP contribution in [0.4, 0.5) is 0 Å². The van der Waals surface area contributed by atoms with Gasteiger partial charge in [-0.05, 0) is 26.7 Å². The maximum atomic E-state index is 11.3. The zero-order chi connectivity index (χ0) is 9.90. The minimum Gasteiger partial charge on any atom is -0.325 e. The van der Waals surface area contributed by atoms with E-state index in [1.165, 1.54) is 0 Å². The Morgan fingerprint density at radius 1 is 1.62 bits per heavy atom. The predicted octanol–water partition coefficient (Wildman–Crippen LogP) is 0.241. The second-order valence-electron chi connectivity index (χ2n) is 4.30. The number of carbonyl (C=O) groups excluding carboxylic acids is 1. The van der Waals surface area contributed by atoms with Gasteiger partial charge >= 0.3 is 0 Å². The molecule has 0 radical (unpaired) electrons. The number of amides is 1. The van der Waals surface area contributed by atoms with Gasteiger partial charge in [0.1, 0.15) is 0 Å². The number of nitrogens with zero attached hydrogens (tertiary/aromatic N) is 1. The summed E-state index contributed by atoms with van der Waals surface area (Å²) in [5.41, 5.74) is 8.71. The molecule has 0 aromatic heterocycles. The van der Waals surface area contributed by atoms with Crippen LogP contribution in [0.5, 0.6) is 0 Å². The van der Waals surface area contributed by atoms with E-state index in [2.05, 4.69) is 5.43 Å². The molecule has 0 unspecified atom stereocenters.